The maximum absolute atomic E-state index is 9.37. The van der Waals surface area contributed by atoms with E-state index >= 15 is 0 Å². The minimum Gasteiger partial charge on any atom is -0.508 e. The average molecular weight is 373 g/mol. The number of phenolic OH excluding ortho intramolecular Hbond substituents is 1. The lowest BCUT2D eigenvalue weighted by atomic mass is 10.3. The molecular formula is C17H18Cl2O3S. The van der Waals surface area contributed by atoms with Crippen molar-refractivity contribution in [3.8, 4) is 17.2 Å². The van der Waals surface area contributed by atoms with Crippen molar-refractivity contribution in [2.24, 2.45) is 0 Å². The van der Waals surface area contributed by atoms with Crippen molar-refractivity contribution in [1.82, 2.24) is 0 Å². The van der Waals surface area contributed by atoms with E-state index in [1.807, 2.05) is 12.1 Å². The first-order valence-electron chi connectivity index (χ1n) is 7.18. The summed E-state index contributed by atoms with van der Waals surface area (Å²) >= 11 is 13.8. The summed E-state index contributed by atoms with van der Waals surface area (Å²) in [4.78, 5) is 1.22. The molecule has 0 aliphatic heterocycles. The Balaban J connectivity index is 1.68. The largest absolute Gasteiger partial charge is 0.508 e. The van der Waals surface area contributed by atoms with Gasteiger partial charge in [0, 0.05) is 17.0 Å². The quantitative estimate of drug-likeness (QED) is 0.479. The van der Waals surface area contributed by atoms with Gasteiger partial charge in [0.2, 0.25) is 0 Å². The molecule has 3 nitrogen and oxygen atoms in total. The Morgan fingerprint density at radius 3 is 2.30 bits per heavy atom. The molecule has 0 aliphatic rings. The summed E-state index contributed by atoms with van der Waals surface area (Å²) in [6.07, 6.45) is 1.92. The van der Waals surface area contributed by atoms with Gasteiger partial charge in [0.15, 0.2) is 5.75 Å². The maximum atomic E-state index is 9.37. The van der Waals surface area contributed by atoms with Crippen molar-refractivity contribution >= 4 is 35.0 Å². The maximum Gasteiger partial charge on any atom is 0.156 e. The van der Waals surface area contributed by atoms with Crippen LogP contribution in [0.4, 0.5) is 0 Å². The molecule has 0 atom stereocenters. The topological polar surface area (TPSA) is 38.7 Å². The molecule has 0 saturated heterocycles. The minimum absolute atomic E-state index is 0.0308. The summed E-state index contributed by atoms with van der Waals surface area (Å²) in [5, 5.41) is 10.0. The van der Waals surface area contributed by atoms with Crippen LogP contribution in [0.25, 0.3) is 0 Å². The minimum atomic E-state index is 0.0308. The Morgan fingerprint density at radius 2 is 1.70 bits per heavy atom. The molecule has 0 bridgehead atoms. The van der Waals surface area contributed by atoms with Crippen molar-refractivity contribution in [2.75, 3.05) is 19.5 Å². The number of halogens is 2. The number of hydrogen-bond donors (Lipinski definition) is 1. The van der Waals surface area contributed by atoms with Gasteiger partial charge in [-0.15, -0.1) is 11.8 Å². The molecule has 0 fully saturated rings. The van der Waals surface area contributed by atoms with Gasteiger partial charge in [0.05, 0.1) is 23.8 Å². The van der Waals surface area contributed by atoms with Gasteiger partial charge < -0.3 is 14.6 Å². The number of unbranched alkanes of at least 4 members (excludes halogenated alkanes) is 1. The Bertz CT molecular complexity index is 609. The van der Waals surface area contributed by atoms with Crippen molar-refractivity contribution in [3.63, 3.8) is 0 Å². The van der Waals surface area contributed by atoms with E-state index in [9.17, 15) is 5.11 Å². The molecule has 23 heavy (non-hydrogen) atoms. The third-order valence-electron chi connectivity index (χ3n) is 3.10. The molecule has 2 aromatic rings. The number of ether oxygens (including phenoxy) is 2. The third kappa shape index (κ3) is 5.72. The fraction of sp³-hybridized carbons (Fsp3) is 0.294. The number of thioether (sulfide) groups is 1. The van der Waals surface area contributed by atoms with E-state index in [1.165, 1.54) is 17.0 Å². The molecule has 0 radical (unpaired) electrons. The van der Waals surface area contributed by atoms with Crippen LogP contribution in [0.3, 0.4) is 0 Å². The summed E-state index contributed by atoms with van der Waals surface area (Å²) in [5.74, 6) is 2.33. The fourth-order valence-electron chi connectivity index (χ4n) is 1.92. The lowest BCUT2D eigenvalue weighted by Gasteiger charge is -2.10. The van der Waals surface area contributed by atoms with Crippen molar-refractivity contribution in [1.29, 1.82) is 0 Å². The van der Waals surface area contributed by atoms with E-state index in [-0.39, 0.29) is 5.75 Å². The summed E-state index contributed by atoms with van der Waals surface area (Å²) in [6.45, 7) is 0.535. The fourth-order valence-corrected chi connectivity index (χ4v) is 3.42. The van der Waals surface area contributed by atoms with E-state index < -0.39 is 0 Å². The highest BCUT2D eigenvalue weighted by molar-refractivity contribution is 7.99. The summed E-state index contributed by atoms with van der Waals surface area (Å²) in [6, 6.07) is 10.9. The molecule has 2 aromatic carbocycles. The van der Waals surface area contributed by atoms with Crippen LogP contribution in [0.5, 0.6) is 17.2 Å². The number of phenols is 1. The van der Waals surface area contributed by atoms with Gasteiger partial charge in [0.1, 0.15) is 11.5 Å². The second-order valence-electron chi connectivity index (χ2n) is 4.82. The Hall–Kier alpha value is -1.23. The molecule has 1 N–H and O–H groups in total. The number of benzene rings is 2. The van der Waals surface area contributed by atoms with Crippen LogP contribution < -0.4 is 9.47 Å². The second kappa shape index (κ2) is 9.16. The van der Waals surface area contributed by atoms with Gasteiger partial charge in [0.25, 0.3) is 0 Å². The van der Waals surface area contributed by atoms with Crippen molar-refractivity contribution < 1.29 is 14.6 Å². The molecule has 0 aromatic heterocycles. The zero-order valence-corrected chi connectivity index (χ0v) is 15.0. The summed E-state index contributed by atoms with van der Waals surface area (Å²) < 4.78 is 10.7. The summed E-state index contributed by atoms with van der Waals surface area (Å²) in [5.41, 5.74) is 0. The zero-order chi connectivity index (χ0) is 16.7. The number of methoxy groups -OCH3 is 1. The van der Waals surface area contributed by atoms with Crippen LogP contribution in [0.1, 0.15) is 12.8 Å². The van der Waals surface area contributed by atoms with Crippen molar-refractivity contribution in [3.05, 3.63) is 46.4 Å². The molecule has 0 heterocycles. The molecule has 6 heteroatoms. The van der Waals surface area contributed by atoms with E-state index in [4.69, 9.17) is 32.7 Å². The van der Waals surface area contributed by atoms with E-state index in [0.717, 1.165) is 24.3 Å². The van der Waals surface area contributed by atoms with Gasteiger partial charge in [-0.3, -0.25) is 0 Å². The van der Waals surface area contributed by atoms with Gasteiger partial charge in [-0.25, -0.2) is 0 Å². The molecule has 0 saturated carbocycles. The first-order valence-corrected chi connectivity index (χ1v) is 8.92. The van der Waals surface area contributed by atoms with Crippen LogP contribution in [-0.2, 0) is 0 Å². The van der Waals surface area contributed by atoms with Crippen LogP contribution in [0.15, 0.2) is 41.3 Å². The van der Waals surface area contributed by atoms with E-state index in [0.29, 0.717) is 22.4 Å². The van der Waals surface area contributed by atoms with Gasteiger partial charge >= 0.3 is 0 Å². The number of rotatable bonds is 8. The molecular weight excluding hydrogens is 355 g/mol. The summed E-state index contributed by atoms with van der Waals surface area (Å²) in [7, 11) is 1.66. The molecule has 124 valence electrons. The van der Waals surface area contributed by atoms with Gasteiger partial charge in [-0.1, -0.05) is 23.2 Å². The van der Waals surface area contributed by atoms with Crippen LogP contribution in [-0.4, -0.2) is 24.6 Å². The number of hydrogen-bond acceptors (Lipinski definition) is 4. The van der Waals surface area contributed by atoms with Crippen molar-refractivity contribution in [2.45, 2.75) is 17.7 Å². The predicted molar refractivity (Wildman–Crippen MR) is 96.6 cm³/mol. The standard InChI is InChI=1S/C17H18Cl2O3S/c1-21-13-4-6-14(7-5-13)23-9-3-2-8-22-17-15(18)10-12(20)11-16(17)19/h4-7,10-11,20H,2-3,8-9H2,1H3. The lowest BCUT2D eigenvalue weighted by Crippen LogP contribution is -1.99. The average Bonchev–Trinajstić information content (AvgIpc) is 2.53. The molecule has 0 amide bonds. The first-order chi connectivity index (χ1) is 11.1. The molecule has 0 unspecified atom stereocenters. The Morgan fingerprint density at radius 1 is 1.04 bits per heavy atom. The normalized spacial score (nSPS) is 10.6. The molecule has 2 rings (SSSR count). The Kier molecular flexibility index (Phi) is 7.21. The van der Waals surface area contributed by atoms with Gasteiger partial charge in [-0.2, -0.15) is 0 Å². The van der Waals surface area contributed by atoms with E-state index in [2.05, 4.69) is 12.1 Å². The predicted octanol–water partition coefficient (Wildman–Crippen LogP) is 5.66. The lowest BCUT2D eigenvalue weighted by molar-refractivity contribution is 0.309. The Labute approximate surface area is 150 Å². The van der Waals surface area contributed by atoms with Crippen LogP contribution >= 0.6 is 35.0 Å². The van der Waals surface area contributed by atoms with Crippen LogP contribution in [0.2, 0.25) is 10.0 Å². The highest BCUT2D eigenvalue weighted by atomic mass is 35.5. The SMILES string of the molecule is COc1ccc(SCCCCOc2c(Cl)cc(O)cc2Cl)cc1. The third-order valence-corrected chi connectivity index (χ3v) is 4.76. The monoisotopic (exact) mass is 372 g/mol. The second-order valence-corrected chi connectivity index (χ2v) is 6.80. The van der Waals surface area contributed by atoms with E-state index in [1.54, 1.807) is 18.9 Å². The molecule has 0 spiro atoms. The smallest absolute Gasteiger partial charge is 0.156 e. The van der Waals surface area contributed by atoms with Gasteiger partial charge in [-0.05, 0) is 42.9 Å². The highest BCUT2D eigenvalue weighted by Gasteiger charge is 2.09. The zero-order valence-electron chi connectivity index (χ0n) is 12.7. The molecule has 0 aliphatic carbocycles. The number of aromatic hydroxyl groups is 1. The first kappa shape index (κ1) is 18.1. The van der Waals surface area contributed by atoms with Crippen LogP contribution in [0, 0.1) is 0 Å². The highest BCUT2D eigenvalue weighted by Crippen LogP contribution is 2.36.